The third kappa shape index (κ3) is 7.02. The Bertz CT molecular complexity index is 1630. The predicted octanol–water partition coefficient (Wildman–Crippen LogP) is 4.35. The van der Waals surface area contributed by atoms with Crippen molar-refractivity contribution in [2.75, 3.05) is 50.1 Å². The van der Waals surface area contributed by atoms with Crippen LogP contribution in [0.4, 0.5) is 16.3 Å². The summed E-state index contributed by atoms with van der Waals surface area (Å²) in [4.78, 5) is 40.4. The molecule has 0 saturated carbocycles. The minimum atomic E-state index is -0.792. The highest BCUT2D eigenvalue weighted by Crippen LogP contribution is 2.30. The average molecular weight is 585 g/mol. The van der Waals surface area contributed by atoms with Gasteiger partial charge in [0, 0.05) is 47.8 Å². The van der Waals surface area contributed by atoms with Crippen molar-refractivity contribution in [2.24, 2.45) is 5.73 Å². The van der Waals surface area contributed by atoms with Gasteiger partial charge >= 0.3 is 6.03 Å². The number of fused-ring (bicyclic) bond motifs is 1. The van der Waals surface area contributed by atoms with Gasteiger partial charge in [-0.05, 0) is 41.8 Å². The van der Waals surface area contributed by atoms with Crippen molar-refractivity contribution < 1.29 is 23.9 Å². The summed E-state index contributed by atoms with van der Waals surface area (Å²) < 4.78 is 13.1. The maximum absolute atomic E-state index is 13.5. The fourth-order valence-electron chi connectivity index (χ4n) is 4.86. The van der Waals surface area contributed by atoms with Crippen LogP contribution in [0, 0.1) is 0 Å². The van der Waals surface area contributed by atoms with Gasteiger partial charge in [-0.15, -0.1) is 0 Å². The third-order valence-corrected chi connectivity index (χ3v) is 7.20. The first kappa shape index (κ1) is 29.7. The summed E-state index contributed by atoms with van der Waals surface area (Å²) in [7, 11) is 0. The Hall–Kier alpha value is -4.74. The molecule has 224 valence electrons. The van der Waals surface area contributed by atoms with Crippen LogP contribution in [0.15, 0.2) is 66.7 Å². The molecule has 43 heavy (non-hydrogen) atoms. The second kappa shape index (κ2) is 12.6. The second-order valence-electron chi connectivity index (χ2n) is 11.4. The minimum absolute atomic E-state index is 0.276. The standard InChI is InChI=1S/C32H36N6O5/c1-32(2,3)27-20-28(38(36-27)22-10-8-21(9-11-22)34-31(33)41)35-30(40)29(39)25-12-13-26(24-7-5-4-6-23(24)25)43-19-16-37-14-17-42-18-15-37/h4-13,20H,14-19H2,1-3H3,(H,35,40)(H3,33,34,41). The Morgan fingerprint density at radius 2 is 1.65 bits per heavy atom. The number of nitrogens with two attached hydrogens (primary N) is 1. The lowest BCUT2D eigenvalue weighted by Crippen LogP contribution is -2.38. The number of hydrogen-bond acceptors (Lipinski definition) is 7. The first-order valence-electron chi connectivity index (χ1n) is 14.2. The Morgan fingerprint density at radius 1 is 0.953 bits per heavy atom. The number of nitrogens with one attached hydrogen (secondary N) is 2. The predicted molar refractivity (Wildman–Crippen MR) is 165 cm³/mol. The topological polar surface area (TPSA) is 141 Å². The number of carbonyl (C=O) groups is 3. The van der Waals surface area contributed by atoms with E-state index in [9.17, 15) is 14.4 Å². The molecular formula is C32H36N6O5. The van der Waals surface area contributed by atoms with Crippen molar-refractivity contribution in [2.45, 2.75) is 26.2 Å². The van der Waals surface area contributed by atoms with E-state index in [2.05, 4.69) is 15.5 Å². The SMILES string of the molecule is CC(C)(C)c1cc(NC(=O)C(=O)c2ccc(OCCN3CCOCC3)c3ccccc23)n(-c2ccc(NC(N)=O)cc2)n1. The van der Waals surface area contributed by atoms with E-state index in [1.807, 2.05) is 45.0 Å². The molecule has 0 aliphatic carbocycles. The molecule has 0 spiro atoms. The van der Waals surface area contributed by atoms with E-state index in [1.54, 1.807) is 47.1 Å². The molecule has 2 heterocycles. The van der Waals surface area contributed by atoms with E-state index in [0.29, 0.717) is 34.9 Å². The van der Waals surface area contributed by atoms with Gasteiger partial charge in [0.15, 0.2) is 0 Å². The Kier molecular flexibility index (Phi) is 8.74. The van der Waals surface area contributed by atoms with E-state index in [4.69, 9.17) is 20.3 Å². The number of morpholine rings is 1. The fourth-order valence-corrected chi connectivity index (χ4v) is 4.86. The molecule has 0 unspecified atom stereocenters. The summed E-state index contributed by atoms with van der Waals surface area (Å²) >= 11 is 0. The quantitative estimate of drug-likeness (QED) is 0.196. The summed E-state index contributed by atoms with van der Waals surface area (Å²) in [6, 6.07) is 18.7. The molecule has 11 nitrogen and oxygen atoms in total. The van der Waals surface area contributed by atoms with Crippen LogP contribution in [0.1, 0.15) is 36.8 Å². The van der Waals surface area contributed by atoms with Gasteiger partial charge in [-0.2, -0.15) is 5.10 Å². The van der Waals surface area contributed by atoms with Crippen LogP contribution in [0.25, 0.3) is 16.5 Å². The van der Waals surface area contributed by atoms with E-state index in [-0.39, 0.29) is 11.0 Å². The molecule has 1 saturated heterocycles. The van der Waals surface area contributed by atoms with E-state index in [1.165, 1.54) is 0 Å². The van der Waals surface area contributed by atoms with Gasteiger partial charge in [0.1, 0.15) is 18.2 Å². The number of carbonyl (C=O) groups excluding carboxylic acids is 3. The lowest BCUT2D eigenvalue weighted by atomic mass is 9.92. The zero-order valence-electron chi connectivity index (χ0n) is 24.6. The van der Waals surface area contributed by atoms with Gasteiger partial charge in [-0.25, -0.2) is 9.48 Å². The number of nitrogens with zero attached hydrogens (tertiary/aromatic N) is 3. The number of ketones is 1. The molecule has 11 heteroatoms. The molecule has 0 atom stereocenters. The molecule has 3 amide bonds. The number of urea groups is 1. The zero-order valence-corrected chi connectivity index (χ0v) is 24.6. The third-order valence-electron chi connectivity index (χ3n) is 7.20. The summed E-state index contributed by atoms with van der Waals surface area (Å²) in [6.45, 7) is 10.5. The Labute approximate surface area is 249 Å². The second-order valence-corrected chi connectivity index (χ2v) is 11.4. The van der Waals surface area contributed by atoms with Crippen LogP contribution in [0.5, 0.6) is 5.75 Å². The molecule has 3 aromatic carbocycles. The van der Waals surface area contributed by atoms with Crippen LogP contribution in [0.3, 0.4) is 0 Å². The van der Waals surface area contributed by atoms with Crippen LogP contribution in [-0.4, -0.2) is 71.9 Å². The minimum Gasteiger partial charge on any atom is -0.492 e. The van der Waals surface area contributed by atoms with Crippen molar-refractivity contribution in [1.29, 1.82) is 0 Å². The lowest BCUT2D eigenvalue weighted by molar-refractivity contribution is -0.112. The zero-order chi connectivity index (χ0) is 30.6. The number of rotatable bonds is 9. The monoisotopic (exact) mass is 584 g/mol. The molecule has 1 aliphatic heterocycles. The molecule has 4 aromatic rings. The largest absolute Gasteiger partial charge is 0.492 e. The van der Waals surface area contributed by atoms with Gasteiger partial charge in [-0.1, -0.05) is 45.0 Å². The highest BCUT2D eigenvalue weighted by atomic mass is 16.5. The summed E-state index contributed by atoms with van der Waals surface area (Å²) in [5, 5.41) is 11.4. The maximum atomic E-state index is 13.5. The van der Waals surface area contributed by atoms with E-state index < -0.39 is 17.7 Å². The highest BCUT2D eigenvalue weighted by Gasteiger charge is 2.25. The van der Waals surface area contributed by atoms with Crippen molar-refractivity contribution >= 4 is 40.0 Å². The van der Waals surface area contributed by atoms with Crippen LogP contribution in [0.2, 0.25) is 0 Å². The number of amides is 3. The van der Waals surface area contributed by atoms with Crippen LogP contribution in [-0.2, 0) is 14.9 Å². The smallest absolute Gasteiger partial charge is 0.316 e. The highest BCUT2D eigenvalue weighted by molar-refractivity contribution is 6.48. The molecule has 1 fully saturated rings. The molecule has 5 rings (SSSR count). The van der Waals surface area contributed by atoms with Crippen molar-refractivity contribution in [3.63, 3.8) is 0 Å². The molecule has 1 aromatic heterocycles. The molecule has 1 aliphatic rings. The Morgan fingerprint density at radius 3 is 2.33 bits per heavy atom. The number of ether oxygens (including phenoxy) is 2. The first-order chi connectivity index (χ1) is 20.6. The van der Waals surface area contributed by atoms with Gasteiger partial charge in [-0.3, -0.25) is 14.5 Å². The van der Waals surface area contributed by atoms with Crippen molar-refractivity contribution in [1.82, 2.24) is 14.7 Å². The van der Waals surface area contributed by atoms with Crippen LogP contribution >= 0.6 is 0 Å². The number of benzene rings is 3. The maximum Gasteiger partial charge on any atom is 0.316 e. The summed E-state index contributed by atoms with van der Waals surface area (Å²) in [5.41, 5.74) is 7.02. The average Bonchev–Trinajstić information content (AvgIpc) is 3.42. The summed E-state index contributed by atoms with van der Waals surface area (Å²) in [5.74, 6) is -0.476. The van der Waals surface area contributed by atoms with Gasteiger partial charge in [0.05, 0.1) is 24.6 Å². The Balaban J connectivity index is 1.37. The number of hydrogen-bond donors (Lipinski definition) is 3. The number of aromatic nitrogens is 2. The van der Waals surface area contributed by atoms with E-state index in [0.717, 1.165) is 43.9 Å². The molecular weight excluding hydrogens is 548 g/mol. The molecule has 0 radical (unpaired) electrons. The van der Waals surface area contributed by atoms with Gasteiger partial charge in [0.2, 0.25) is 0 Å². The molecule has 0 bridgehead atoms. The first-order valence-corrected chi connectivity index (χ1v) is 14.2. The van der Waals surface area contributed by atoms with Crippen molar-refractivity contribution in [3.8, 4) is 11.4 Å². The van der Waals surface area contributed by atoms with Gasteiger partial charge in [0.25, 0.3) is 11.7 Å². The number of primary amides is 1. The normalized spacial score (nSPS) is 13.9. The van der Waals surface area contributed by atoms with Crippen LogP contribution < -0.4 is 21.1 Å². The van der Waals surface area contributed by atoms with Gasteiger partial charge < -0.3 is 25.8 Å². The number of Topliss-reactive ketones (excluding diaryl/α,β-unsaturated/α-hetero) is 1. The number of anilines is 2. The van der Waals surface area contributed by atoms with Crippen molar-refractivity contribution in [3.05, 3.63) is 78.0 Å². The molecule has 4 N–H and O–H groups in total. The van der Waals surface area contributed by atoms with E-state index >= 15 is 0 Å². The lowest BCUT2D eigenvalue weighted by Gasteiger charge is -2.26. The summed E-state index contributed by atoms with van der Waals surface area (Å²) in [6.07, 6.45) is 0. The fraction of sp³-hybridized carbons (Fsp3) is 0.312.